The first-order valence-electron chi connectivity index (χ1n) is 4.25. The molecule has 0 aliphatic heterocycles. The van der Waals surface area contributed by atoms with Gasteiger partial charge in [0.05, 0.1) is 0 Å². The summed E-state index contributed by atoms with van der Waals surface area (Å²) in [5, 5.41) is 44.4. The van der Waals surface area contributed by atoms with Crippen molar-refractivity contribution in [1.29, 1.82) is 0 Å². The molecule has 1 aromatic heterocycles. The van der Waals surface area contributed by atoms with E-state index in [1.54, 1.807) is 0 Å². The molecule has 0 bridgehead atoms. The highest BCUT2D eigenvalue weighted by atomic mass is 16.7. The fourth-order valence-electron chi connectivity index (χ4n) is 0.903. The van der Waals surface area contributed by atoms with E-state index in [4.69, 9.17) is 25.5 Å². The second-order valence-electron chi connectivity index (χ2n) is 2.98. The summed E-state index contributed by atoms with van der Waals surface area (Å²) >= 11 is 0. The maximum Gasteiger partial charge on any atom is 0.364 e. The molecule has 0 saturated heterocycles. The van der Waals surface area contributed by atoms with E-state index >= 15 is 0 Å². The molecule has 1 rings (SSSR count). The van der Waals surface area contributed by atoms with E-state index in [9.17, 15) is 9.59 Å². The molecule has 9 nitrogen and oxygen atoms in total. The summed E-state index contributed by atoms with van der Waals surface area (Å²) in [6.07, 6.45) is -4.73. The Morgan fingerprint density at radius 1 is 1.12 bits per heavy atom. The van der Waals surface area contributed by atoms with Crippen LogP contribution in [0.5, 0.6) is 11.8 Å². The van der Waals surface area contributed by atoms with Gasteiger partial charge in [0.15, 0.2) is 12.2 Å². The Morgan fingerprint density at radius 3 is 2.00 bits per heavy atom. The Labute approximate surface area is 93.7 Å². The van der Waals surface area contributed by atoms with Crippen LogP contribution in [0.1, 0.15) is 0 Å². The van der Waals surface area contributed by atoms with Crippen molar-refractivity contribution in [3.63, 3.8) is 0 Å². The normalized spacial score (nSPS) is 14.0. The SMILES string of the molecule is O=C(O)C(O)C(O)C(=O)On1c(O)ccc1O. The first-order valence-corrected chi connectivity index (χ1v) is 4.25. The summed E-state index contributed by atoms with van der Waals surface area (Å²) in [6, 6.07) is 1.98. The van der Waals surface area contributed by atoms with Crippen LogP contribution in [-0.4, -0.2) is 54.4 Å². The van der Waals surface area contributed by atoms with Gasteiger partial charge in [0.2, 0.25) is 11.8 Å². The van der Waals surface area contributed by atoms with E-state index in [2.05, 4.69) is 4.84 Å². The smallest absolute Gasteiger partial charge is 0.364 e. The van der Waals surface area contributed by atoms with Crippen molar-refractivity contribution in [2.75, 3.05) is 0 Å². The fourth-order valence-corrected chi connectivity index (χ4v) is 0.903. The van der Waals surface area contributed by atoms with Gasteiger partial charge in [-0.25, -0.2) is 9.59 Å². The largest absolute Gasteiger partial charge is 0.492 e. The molecule has 17 heavy (non-hydrogen) atoms. The topological polar surface area (TPSA) is 149 Å². The number of nitrogens with zero attached hydrogens (tertiary/aromatic N) is 1. The molecule has 0 aliphatic carbocycles. The highest BCUT2D eigenvalue weighted by Gasteiger charge is 2.32. The number of hydrogen-bond donors (Lipinski definition) is 5. The number of aliphatic hydroxyl groups is 2. The van der Waals surface area contributed by atoms with Crippen LogP contribution in [0.3, 0.4) is 0 Å². The summed E-state index contributed by atoms with van der Waals surface area (Å²) < 4.78 is 0.250. The average molecular weight is 247 g/mol. The van der Waals surface area contributed by atoms with Gasteiger partial charge in [-0.3, -0.25) is 0 Å². The van der Waals surface area contributed by atoms with Crippen LogP contribution >= 0.6 is 0 Å². The molecule has 5 N–H and O–H groups in total. The van der Waals surface area contributed by atoms with Crippen LogP contribution in [0.25, 0.3) is 0 Å². The highest BCUT2D eigenvalue weighted by molar-refractivity contribution is 5.84. The number of aromatic nitrogens is 1. The molecule has 2 atom stereocenters. The van der Waals surface area contributed by atoms with Crippen LogP contribution in [-0.2, 0) is 9.59 Å². The van der Waals surface area contributed by atoms with Crippen molar-refractivity contribution in [1.82, 2.24) is 4.73 Å². The van der Waals surface area contributed by atoms with Gasteiger partial charge < -0.3 is 30.4 Å². The lowest BCUT2D eigenvalue weighted by atomic mass is 10.2. The number of aromatic hydroxyl groups is 2. The Bertz CT molecular complexity index is 419. The zero-order valence-electron chi connectivity index (χ0n) is 8.22. The molecule has 9 heteroatoms. The van der Waals surface area contributed by atoms with Gasteiger partial charge in [-0.15, -0.1) is 4.73 Å². The van der Waals surface area contributed by atoms with E-state index in [-0.39, 0.29) is 4.73 Å². The molecule has 94 valence electrons. The van der Waals surface area contributed by atoms with Gasteiger partial charge in [-0.2, -0.15) is 0 Å². The lowest BCUT2D eigenvalue weighted by Crippen LogP contribution is -2.43. The van der Waals surface area contributed by atoms with Crippen LogP contribution < -0.4 is 4.84 Å². The number of carboxylic acid groups (broad SMARTS) is 1. The Balaban J connectivity index is 2.76. The number of carbonyl (C=O) groups is 2. The molecule has 0 amide bonds. The van der Waals surface area contributed by atoms with Crippen molar-refractivity contribution in [3.05, 3.63) is 12.1 Å². The number of hydrogen-bond acceptors (Lipinski definition) is 7. The van der Waals surface area contributed by atoms with Gasteiger partial charge in [-0.05, 0) is 0 Å². The molecule has 0 saturated carbocycles. The Kier molecular flexibility index (Phi) is 3.55. The first kappa shape index (κ1) is 12.8. The minimum absolute atomic E-state index is 0.250. The number of rotatable bonds is 4. The standard InChI is InChI=1S/C8H9NO8/c10-3-1-2-4(11)9(3)17-8(16)6(13)5(12)7(14)15/h1-2,5-6,10-13H,(H,14,15). The van der Waals surface area contributed by atoms with E-state index in [0.29, 0.717) is 0 Å². The predicted molar refractivity (Wildman–Crippen MR) is 49.0 cm³/mol. The summed E-state index contributed by atoms with van der Waals surface area (Å²) in [6.45, 7) is 0. The second-order valence-corrected chi connectivity index (χ2v) is 2.98. The van der Waals surface area contributed by atoms with Crippen molar-refractivity contribution in [2.24, 2.45) is 0 Å². The molecular formula is C8H9NO8. The minimum Gasteiger partial charge on any atom is -0.492 e. The summed E-state index contributed by atoms with van der Waals surface area (Å²) in [5.74, 6) is -4.67. The number of carbonyl (C=O) groups excluding carboxylic acids is 1. The number of carboxylic acids is 1. The van der Waals surface area contributed by atoms with Crippen molar-refractivity contribution in [2.45, 2.75) is 12.2 Å². The molecule has 0 spiro atoms. The Hall–Kier alpha value is -2.26. The second kappa shape index (κ2) is 4.72. The lowest BCUT2D eigenvalue weighted by Gasteiger charge is -2.13. The molecular weight excluding hydrogens is 238 g/mol. The molecule has 1 heterocycles. The maximum absolute atomic E-state index is 11.1. The van der Waals surface area contributed by atoms with E-state index in [1.807, 2.05) is 0 Å². The number of aliphatic hydroxyl groups excluding tert-OH is 2. The van der Waals surface area contributed by atoms with E-state index < -0.39 is 35.9 Å². The quantitative estimate of drug-likeness (QED) is 0.397. The highest BCUT2D eigenvalue weighted by Crippen LogP contribution is 2.18. The van der Waals surface area contributed by atoms with Crippen molar-refractivity contribution >= 4 is 11.9 Å². The first-order chi connectivity index (χ1) is 7.84. The monoisotopic (exact) mass is 247 g/mol. The van der Waals surface area contributed by atoms with Crippen LogP contribution in [0, 0.1) is 0 Å². The van der Waals surface area contributed by atoms with Crippen molar-refractivity contribution in [3.8, 4) is 11.8 Å². The van der Waals surface area contributed by atoms with Gasteiger partial charge in [-0.1, -0.05) is 0 Å². The summed E-state index contributed by atoms with van der Waals surface area (Å²) in [4.78, 5) is 25.6. The third kappa shape index (κ3) is 2.65. The van der Waals surface area contributed by atoms with Crippen LogP contribution in [0.15, 0.2) is 12.1 Å². The fraction of sp³-hybridized carbons (Fsp3) is 0.250. The molecule has 2 unspecified atom stereocenters. The molecule has 0 aliphatic rings. The predicted octanol–water partition coefficient (Wildman–Crippen LogP) is -2.34. The maximum atomic E-state index is 11.1. The minimum atomic E-state index is -2.37. The average Bonchev–Trinajstić information content (AvgIpc) is 2.58. The van der Waals surface area contributed by atoms with Crippen LogP contribution in [0.4, 0.5) is 0 Å². The summed E-state index contributed by atoms with van der Waals surface area (Å²) in [7, 11) is 0. The zero-order chi connectivity index (χ0) is 13.2. The van der Waals surface area contributed by atoms with Gasteiger partial charge >= 0.3 is 11.9 Å². The van der Waals surface area contributed by atoms with E-state index in [0.717, 1.165) is 12.1 Å². The van der Waals surface area contributed by atoms with E-state index in [1.165, 1.54) is 0 Å². The third-order valence-corrected chi connectivity index (χ3v) is 1.77. The molecule has 0 fully saturated rings. The Morgan fingerprint density at radius 2 is 1.59 bits per heavy atom. The third-order valence-electron chi connectivity index (χ3n) is 1.77. The van der Waals surface area contributed by atoms with Gasteiger partial charge in [0, 0.05) is 12.1 Å². The van der Waals surface area contributed by atoms with Gasteiger partial charge in [0.25, 0.3) is 0 Å². The van der Waals surface area contributed by atoms with Gasteiger partial charge in [0.1, 0.15) is 0 Å². The van der Waals surface area contributed by atoms with Crippen LogP contribution in [0.2, 0.25) is 0 Å². The molecule has 0 radical (unpaired) electrons. The van der Waals surface area contributed by atoms with Crippen molar-refractivity contribution < 1.29 is 40.0 Å². The summed E-state index contributed by atoms with van der Waals surface area (Å²) in [5.41, 5.74) is 0. The molecule has 1 aromatic rings. The number of aliphatic carboxylic acids is 1. The lowest BCUT2D eigenvalue weighted by molar-refractivity contribution is -0.170. The molecule has 0 aromatic carbocycles. The zero-order valence-corrected chi connectivity index (χ0v) is 8.22.